The Hall–Kier alpha value is -2.40. The van der Waals surface area contributed by atoms with Crippen LogP contribution < -0.4 is 0 Å². The van der Waals surface area contributed by atoms with Crippen LogP contribution in [-0.4, -0.2) is 6.61 Å². The molecule has 0 bridgehead atoms. The zero-order chi connectivity index (χ0) is 23.8. The number of alkyl halides is 2. The zero-order valence-corrected chi connectivity index (χ0v) is 19.1. The molecule has 0 heterocycles. The van der Waals surface area contributed by atoms with E-state index in [2.05, 4.69) is 17.4 Å². The van der Waals surface area contributed by atoms with E-state index in [4.69, 9.17) is 0 Å². The van der Waals surface area contributed by atoms with Gasteiger partial charge in [-0.2, -0.15) is 8.78 Å². The van der Waals surface area contributed by atoms with Gasteiger partial charge < -0.3 is 4.74 Å². The Morgan fingerprint density at radius 3 is 2.09 bits per heavy atom. The van der Waals surface area contributed by atoms with Crippen LogP contribution in [0.2, 0.25) is 0 Å². The van der Waals surface area contributed by atoms with Gasteiger partial charge in [-0.15, -0.1) is 6.58 Å². The van der Waals surface area contributed by atoms with Crippen LogP contribution in [0.4, 0.5) is 17.6 Å². The van der Waals surface area contributed by atoms with Gasteiger partial charge >= 0.3 is 6.11 Å². The predicted molar refractivity (Wildman–Crippen MR) is 124 cm³/mol. The lowest BCUT2D eigenvalue weighted by Crippen LogP contribution is -2.24. The van der Waals surface area contributed by atoms with E-state index in [1.165, 1.54) is 0 Å². The molecule has 0 atom stereocenters. The van der Waals surface area contributed by atoms with Gasteiger partial charge in [0.2, 0.25) is 0 Å². The molecule has 0 aromatic heterocycles. The number of halogens is 4. The number of aryl methyl sites for hydroxylation is 1. The van der Waals surface area contributed by atoms with E-state index in [1.54, 1.807) is 0 Å². The summed E-state index contributed by atoms with van der Waals surface area (Å²) in [4.78, 5) is 0. The minimum Gasteiger partial charge on any atom is -0.316 e. The lowest BCUT2D eigenvalue weighted by atomic mass is 9.78. The van der Waals surface area contributed by atoms with E-state index in [1.807, 2.05) is 43.3 Å². The Bertz CT molecular complexity index is 918. The van der Waals surface area contributed by atoms with Crippen LogP contribution in [0, 0.1) is 17.6 Å². The van der Waals surface area contributed by atoms with Gasteiger partial charge in [-0.05, 0) is 92.5 Å². The van der Waals surface area contributed by atoms with E-state index in [0.29, 0.717) is 11.5 Å². The highest BCUT2D eigenvalue weighted by Crippen LogP contribution is 2.40. The van der Waals surface area contributed by atoms with Crippen molar-refractivity contribution in [2.24, 2.45) is 5.92 Å². The van der Waals surface area contributed by atoms with Crippen molar-refractivity contribution < 1.29 is 22.3 Å². The third kappa shape index (κ3) is 6.80. The Kier molecular flexibility index (Phi) is 8.90. The Labute approximate surface area is 194 Å². The van der Waals surface area contributed by atoms with Crippen LogP contribution in [-0.2, 0) is 23.7 Å². The molecule has 0 aliphatic heterocycles. The molecule has 1 aliphatic carbocycles. The largest absolute Gasteiger partial charge is 0.389 e. The summed E-state index contributed by atoms with van der Waals surface area (Å²) in [6.45, 7) is 5.31. The van der Waals surface area contributed by atoms with Crippen LogP contribution in [0.15, 0.2) is 61.2 Å². The molecule has 0 amide bonds. The van der Waals surface area contributed by atoms with Crippen LogP contribution in [0.25, 0.3) is 0 Å². The Morgan fingerprint density at radius 2 is 1.55 bits per heavy atom. The molecule has 0 radical (unpaired) electrons. The highest BCUT2D eigenvalue weighted by Gasteiger charge is 2.40. The van der Waals surface area contributed by atoms with Gasteiger partial charge in [-0.1, -0.05) is 42.5 Å². The first-order chi connectivity index (χ1) is 15.8. The number of ether oxygens (including phenoxy) is 1. The number of benzene rings is 2. The second-order valence-corrected chi connectivity index (χ2v) is 8.76. The average Bonchev–Trinajstić information content (AvgIpc) is 2.78. The molecule has 1 saturated carbocycles. The Balaban J connectivity index is 1.61. The molecule has 0 unspecified atom stereocenters. The second kappa shape index (κ2) is 11.6. The maximum atomic E-state index is 14.6. The summed E-state index contributed by atoms with van der Waals surface area (Å²) in [7, 11) is 0. The second-order valence-electron chi connectivity index (χ2n) is 8.76. The molecule has 0 saturated heterocycles. The van der Waals surface area contributed by atoms with Gasteiger partial charge in [0.05, 0.1) is 6.61 Å². The van der Waals surface area contributed by atoms with Crippen molar-refractivity contribution in [1.82, 2.24) is 0 Å². The van der Waals surface area contributed by atoms with Crippen molar-refractivity contribution >= 4 is 0 Å². The van der Waals surface area contributed by atoms with Crippen molar-refractivity contribution in [1.29, 1.82) is 0 Å². The van der Waals surface area contributed by atoms with Gasteiger partial charge in [0, 0.05) is 0 Å². The fourth-order valence-electron chi connectivity index (χ4n) is 4.53. The molecule has 178 valence electrons. The first-order valence-corrected chi connectivity index (χ1v) is 11.7. The molecule has 3 rings (SSSR count). The fraction of sp³-hybridized carbons (Fsp3) is 0.429. The van der Waals surface area contributed by atoms with Crippen LogP contribution >= 0.6 is 0 Å². The molecule has 33 heavy (non-hydrogen) atoms. The van der Waals surface area contributed by atoms with E-state index >= 15 is 0 Å². The van der Waals surface area contributed by atoms with Crippen LogP contribution in [0.5, 0.6) is 0 Å². The van der Waals surface area contributed by atoms with Gasteiger partial charge in [-0.3, -0.25) is 0 Å². The topological polar surface area (TPSA) is 9.23 Å². The predicted octanol–water partition coefficient (Wildman–Crippen LogP) is 8.24. The third-order valence-electron chi connectivity index (χ3n) is 6.40. The molecular weight excluding hydrogens is 428 g/mol. The van der Waals surface area contributed by atoms with E-state index in [0.717, 1.165) is 61.8 Å². The molecule has 2 aromatic carbocycles. The van der Waals surface area contributed by atoms with Crippen LogP contribution in [0.1, 0.15) is 67.2 Å². The molecular formula is C28H32F4O. The standard InChI is InChI=1S/C28H32F4O/c1-3-5-7-21-8-10-22(11-9-21)16-17-33-28(31,32)27-25(29)18-24(19-26(27)30)23-14-12-20(6-4-2)13-15-23/h3-4,6,8-11,18-20,23H,1,5,7,12-17H2,2H3/b6-4+. The van der Waals surface area contributed by atoms with Crippen molar-refractivity contribution in [3.05, 3.63) is 95.1 Å². The highest BCUT2D eigenvalue weighted by molar-refractivity contribution is 5.31. The molecule has 0 N–H and O–H groups in total. The summed E-state index contributed by atoms with van der Waals surface area (Å²) in [5.74, 6) is -2.05. The summed E-state index contributed by atoms with van der Waals surface area (Å²) < 4.78 is 63.1. The highest BCUT2D eigenvalue weighted by atomic mass is 19.3. The molecule has 1 nitrogen and oxygen atoms in total. The van der Waals surface area contributed by atoms with Gasteiger partial charge in [-0.25, -0.2) is 8.78 Å². The quantitative estimate of drug-likeness (QED) is 0.256. The summed E-state index contributed by atoms with van der Waals surface area (Å²) in [6.07, 6.45) is 7.32. The summed E-state index contributed by atoms with van der Waals surface area (Å²) in [5, 5.41) is 0. The van der Waals surface area contributed by atoms with E-state index in [9.17, 15) is 17.6 Å². The van der Waals surface area contributed by atoms with Crippen molar-refractivity contribution in [3.63, 3.8) is 0 Å². The van der Waals surface area contributed by atoms with E-state index < -0.39 is 23.3 Å². The smallest absolute Gasteiger partial charge is 0.316 e. The first-order valence-electron chi connectivity index (χ1n) is 11.7. The maximum absolute atomic E-state index is 14.6. The molecule has 1 aliphatic rings. The molecule has 2 aromatic rings. The number of hydrogen-bond donors (Lipinski definition) is 0. The Morgan fingerprint density at radius 1 is 0.970 bits per heavy atom. The minimum atomic E-state index is -4.04. The average molecular weight is 461 g/mol. The lowest BCUT2D eigenvalue weighted by molar-refractivity contribution is -0.251. The lowest BCUT2D eigenvalue weighted by Gasteiger charge is -2.28. The molecule has 1 fully saturated rings. The third-order valence-corrected chi connectivity index (χ3v) is 6.40. The van der Waals surface area contributed by atoms with E-state index in [-0.39, 0.29) is 18.9 Å². The molecule has 5 heteroatoms. The summed E-state index contributed by atoms with van der Waals surface area (Å²) in [5.41, 5.74) is 1.08. The normalized spacial score (nSPS) is 19.2. The summed E-state index contributed by atoms with van der Waals surface area (Å²) in [6, 6.07) is 9.67. The SMILES string of the molecule is C=CCCc1ccc(CCOC(F)(F)c2c(F)cc(C3CCC(/C=C/C)CC3)cc2F)cc1. The van der Waals surface area contributed by atoms with Gasteiger partial charge in [0.1, 0.15) is 17.2 Å². The minimum absolute atomic E-state index is 0.0199. The van der Waals surface area contributed by atoms with Gasteiger partial charge in [0.25, 0.3) is 0 Å². The summed E-state index contributed by atoms with van der Waals surface area (Å²) >= 11 is 0. The number of rotatable bonds is 10. The maximum Gasteiger partial charge on any atom is 0.389 e. The number of allylic oxidation sites excluding steroid dienone is 3. The zero-order valence-electron chi connectivity index (χ0n) is 19.1. The van der Waals surface area contributed by atoms with Gasteiger partial charge in [0.15, 0.2) is 0 Å². The number of hydrogen-bond acceptors (Lipinski definition) is 1. The van der Waals surface area contributed by atoms with Crippen molar-refractivity contribution in [3.8, 4) is 0 Å². The molecule has 0 spiro atoms. The monoisotopic (exact) mass is 460 g/mol. The van der Waals surface area contributed by atoms with Crippen molar-refractivity contribution in [2.45, 2.75) is 63.9 Å². The first kappa shape index (κ1) is 25.2. The van der Waals surface area contributed by atoms with Crippen molar-refractivity contribution in [2.75, 3.05) is 6.61 Å². The van der Waals surface area contributed by atoms with Crippen LogP contribution in [0.3, 0.4) is 0 Å². The fourth-order valence-corrected chi connectivity index (χ4v) is 4.53.